The van der Waals surface area contributed by atoms with E-state index in [4.69, 9.17) is 16.3 Å². The first-order chi connectivity index (χ1) is 16.5. The normalized spacial score (nSPS) is 11.9. The molecule has 4 aromatic rings. The number of halogens is 5. The fourth-order valence-electron chi connectivity index (χ4n) is 3.66. The fourth-order valence-corrected chi connectivity index (χ4v) is 3.79. The Balaban J connectivity index is 1.93. The van der Waals surface area contributed by atoms with Gasteiger partial charge in [0.05, 0.1) is 12.1 Å². The molecule has 2 aromatic heterocycles. The molecule has 12 heteroatoms. The van der Waals surface area contributed by atoms with Crippen molar-refractivity contribution in [3.63, 3.8) is 0 Å². The quantitative estimate of drug-likeness (QED) is 0.344. The number of hydrogen-bond donors (Lipinski definition) is 0. The van der Waals surface area contributed by atoms with Gasteiger partial charge in [0, 0.05) is 18.6 Å². The molecule has 184 valence electrons. The number of aromatic nitrogens is 4. The van der Waals surface area contributed by atoms with Crippen molar-refractivity contribution in [1.29, 1.82) is 0 Å². The fraction of sp³-hybridized carbons (Fsp3) is 0.261. The van der Waals surface area contributed by atoms with Gasteiger partial charge >= 0.3 is 17.9 Å². The van der Waals surface area contributed by atoms with Crippen molar-refractivity contribution in [2.45, 2.75) is 32.6 Å². The van der Waals surface area contributed by atoms with E-state index in [9.17, 15) is 27.2 Å². The molecule has 0 N–H and O–H groups in total. The summed E-state index contributed by atoms with van der Waals surface area (Å²) in [5, 5.41) is 0.486. The van der Waals surface area contributed by atoms with Crippen LogP contribution in [0.15, 0.2) is 52.1 Å². The van der Waals surface area contributed by atoms with Crippen LogP contribution in [-0.4, -0.2) is 18.7 Å². The second-order valence-electron chi connectivity index (χ2n) is 7.82. The van der Waals surface area contributed by atoms with Crippen LogP contribution in [0.1, 0.15) is 24.5 Å². The highest BCUT2D eigenvalue weighted by Crippen LogP contribution is 2.35. The highest BCUT2D eigenvalue weighted by molar-refractivity contribution is 6.30. The summed E-state index contributed by atoms with van der Waals surface area (Å²) < 4.78 is 62.5. The summed E-state index contributed by atoms with van der Waals surface area (Å²) in [7, 11) is 1.43. The molecule has 0 aliphatic rings. The van der Waals surface area contributed by atoms with Crippen molar-refractivity contribution < 1.29 is 22.3 Å². The molecule has 0 aliphatic heterocycles. The van der Waals surface area contributed by atoms with E-state index in [-0.39, 0.29) is 36.0 Å². The minimum absolute atomic E-state index is 0.00512. The van der Waals surface area contributed by atoms with Crippen molar-refractivity contribution in [3.8, 4) is 11.8 Å². The molecule has 35 heavy (non-hydrogen) atoms. The molecule has 0 saturated carbocycles. The lowest BCUT2D eigenvalue weighted by Gasteiger charge is -2.13. The Hall–Kier alpha value is -3.60. The molecule has 0 saturated heterocycles. The van der Waals surface area contributed by atoms with E-state index in [1.807, 2.05) is 6.92 Å². The number of aryl methyl sites for hydroxylation is 1. The van der Waals surface area contributed by atoms with Crippen LogP contribution in [0.4, 0.5) is 17.6 Å². The highest BCUT2D eigenvalue weighted by Gasteiger charge is 2.34. The topological polar surface area (TPSA) is 71.1 Å². The van der Waals surface area contributed by atoms with E-state index in [0.717, 1.165) is 10.6 Å². The van der Waals surface area contributed by atoms with Gasteiger partial charge in [0.1, 0.15) is 11.6 Å². The third kappa shape index (κ3) is 4.68. The average molecular weight is 511 g/mol. The number of rotatable bonds is 6. The molecule has 0 atom stereocenters. The Morgan fingerprint density at radius 3 is 2.37 bits per heavy atom. The molecule has 0 aliphatic carbocycles. The van der Waals surface area contributed by atoms with Crippen molar-refractivity contribution in [2.24, 2.45) is 7.05 Å². The van der Waals surface area contributed by atoms with Gasteiger partial charge in [-0.3, -0.25) is 18.5 Å². The van der Waals surface area contributed by atoms with Crippen LogP contribution in [0.25, 0.3) is 11.2 Å². The minimum Gasteiger partial charge on any atom is -0.425 e. The Kier molecular flexibility index (Phi) is 6.46. The van der Waals surface area contributed by atoms with Crippen LogP contribution in [0.2, 0.25) is 5.02 Å². The SMILES string of the molecule is CCCn1c(=O)c2c(nc(Oc3ccc(F)c(C(F)(F)F)c3)n2Cc2ccc(Cl)cc2)n(C)c1=O. The Bertz CT molecular complexity index is 1520. The largest absolute Gasteiger partial charge is 0.425 e. The number of hydrogen-bond acceptors (Lipinski definition) is 4. The van der Waals surface area contributed by atoms with Crippen LogP contribution in [0.3, 0.4) is 0 Å². The molecule has 0 unspecified atom stereocenters. The van der Waals surface area contributed by atoms with E-state index in [2.05, 4.69) is 4.98 Å². The summed E-state index contributed by atoms with van der Waals surface area (Å²) in [4.78, 5) is 30.2. The van der Waals surface area contributed by atoms with Gasteiger partial charge in [0.2, 0.25) is 0 Å². The zero-order valence-electron chi connectivity index (χ0n) is 18.6. The lowest BCUT2D eigenvalue weighted by Crippen LogP contribution is -2.39. The average Bonchev–Trinajstić information content (AvgIpc) is 3.15. The molecule has 2 heterocycles. The van der Waals surface area contributed by atoms with Crippen molar-refractivity contribution in [3.05, 3.63) is 85.3 Å². The minimum atomic E-state index is -4.94. The molecule has 2 aromatic carbocycles. The Morgan fingerprint density at radius 1 is 1.06 bits per heavy atom. The zero-order valence-corrected chi connectivity index (χ0v) is 19.3. The van der Waals surface area contributed by atoms with Crippen LogP contribution >= 0.6 is 11.6 Å². The van der Waals surface area contributed by atoms with Gasteiger partial charge in [0.15, 0.2) is 11.2 Å². The standard InChI is InChI=1S/C23H19ClF4N4O3/c1-3-10-31-20(33)18-19(30(2)22(31)34)29-21(32(18)12-13-4-6-14(24)7-5-13)35-15-8-9-17(25)16(11-15)23(26,27)28/h4-9,11H,3,10,12H2,1-2H3. The molecule has 4 rings (SSSR count). The van der Waals surface area contributed by atoms with Gasteiger partial charge in [-0.25, -0.2) is 9.18 Å². The van der Waals surface area contributed by atoms with Gasteiger partial charge in [-0.05, 0) is 42.3 Å². The van der Waals surface area contributed by atoms with Gasteiger partial charge in [-0.1, -0.05) is 30.7 Å². The summed E-state index contributed by atoms with van der Waals surface area (Å²) in [6.07, 6.45) is -4.42. The maximum atomic E-state index is 13.7. The number of ether oxygens (including phenoxy) is 1. The first-order valence-electron chi connectivity index (χ1n) is 10.5. The van der Waals surface area contributed by atoms with Gasteiger partial charge < -0.3 is 4.74 Å². The number of benzene rings is 2. The molecule has 0 fully saturated rings. The number of alkyl halides is 3. The summed E-state index contributed by atoms with van der Waals surface area (Å²) in [5.74, 6) is -1.80. The lowest BCUT2D eigenvalue weighted by atomic mass is 10.2. The maximum Gasteiger partial charge on any atom is 0.419 e. The zero-order chi connectivity index (χ0) is 25.5. The number of nitrogens with zero attached hydrogens (tertiary/aromatic N) is 4. The van der Waals surface area contributed by atoms with Crippen LogP contribution in [-0.2, 0) is 26.3 Å². The Morgan fingerprint density at radius 2 is 1.74 bits per heavy atom. The third-order valence-corrected chi connectivity index (χ3v) is 5.60. The molecule has 0 radical (unpaired) electrons. The first-order valence-corrected chi connectivity index (χ1v) is 10.9. The smallest absolute Gasteiger partial charge is 0.419 e. The number of fused-ring (bicyclic) bond motifs is 1. The van der Waals surface area contributed by atoms with Crippen LogP contribution in [0, 0.1) is 5.82 Å². The van der Waals surface area contributed by atoms with E-state index >= 15 is 0 Å². The van der Waals surface area contributed by atoms with Crippen molar-refractivity contribution in [2.75, 3.05) is 0 Å². The van der Waals surface area contributed by atoms with Crippen molar-refractivity contribution >= 4 is 22.8 Å². The first kappa shape index (κ1) is 24.5. The summed E-state index contributed by atoms with van der Waals surface area (Å²) >= 11 is 5.95. The molecular formula is C23H19ClF4N4O3. The predicted octanol–water partition coefficient (Wildman–Crippen LogP) is 4.96. The van der Waals surface area contributed by atoms with Gasteiger partial charge in [-0.2, -0.15) is 18.2 Å². The Labute approximate surface area is 200 Å². The van der Waals surface area contributed by atoms with Crippen LogP contribution < -0.4 is 16.0 Å². The molecule has 0 amide bonds. The van der Waals surface area contributed by atoms with Crippen LogP contribution in [0.5, 0.6) is 11.8 Å². The molecule has 0 bridgehead atoms. The number of imidazole rings is 1. The highest BCUT2D eigenvalue weighted by atomic mass is 35.5. The summed E-state index contributed by atoms with van der Waals surface area (Å²) in [5.41, 5.74) is -2.00. The van der Waals surface area contributed by atoms with E-state index in [1.54, 1.807) is 24.3 Å². The summed E-state index contributed by atoms with van der Waals surface area (Å²) in [6.45, 7) is 2.01. The molecular weight excluding hydrogens is 492 g/mol. The monoisotopic (exact) mass is 510 g/mol. The second-order valence-corrected chi connectivity index (χ2v) is 8.26. The van der Waals surface area contributed by atoms with E-state index in [1.165, 1.54) is 16.2 Å². The van der Waals surface area contributed by atoms with E-state index in [0.29, 0.717) is 29.1 Å². The maximum absolute atomic E-state index is 13.7. The summed E-state index contributed by atoms with van der Waals surface area (Å²) in [6, 6.07) is 8.59. The van der Waals surface area contributed by atoms with Gasteiger partial charge in [0.25, 0.3) is 5.56 Å². The van der Waals surface area contributed by atoms with Gasteiger partial charge in [-0.15, -0.1) is 0 Å². The third-order valence-electron chi connectivity index (χ3n) is 5.35. The van der Waals surface area contributed by atoms with Crippen molar-refractivity contribution in [1.82, 2.24) is 18.7 Å². The van der Waals surface area contributed by atoms with E-state index < -0.39 is 28.8 Å². The predicted molar refractivity (Wildman–Crippen MR) is 122 cm³/mol. The lowest BCUT2D eigenvalue weighted by molar-refractivity contribution is -0.140. The molecule has 0 spiro atoms. The molecule has 7 nitrogen and oxygen atoms in total. The second kappa shape index (κ2) is 9.21.